The Morgan fingerprint density at radius 3 is 2.58 bits per heavy atom. The summed E-state index contributed by atoms with van der Waals surface area (Å²) in [7, 11) is 0. The lowest BCUT2D eigenvalue weighted by molar-refractivity contribution is -0.126. The molecule has 2 amide bonds. The van der Waals surface area contributed by atoms with Crippen LogP contribution >= 0.6 is 0 Å². The smallest absolute Gasteiger partial charge is 0.241 e. The molecule has 0 saturated carbocycles. The standard InChI is InChI=1S/C15H13NO3/c1-15-8-7-10(19-15)11-12(15)14(18)16(13(11)17)9-5-3-2-4-6-9/h2-8,10-12H,1H3/t10-,11-,12+,15+/m1/s1. The molecular formula is C15H13NO3. The van der Waals surface area contributed by atoms with Crippen LogP contribution in [-0.2, 0) is 14.3 Å². The van der Waals surface area contributed by atoms with Gasteiger partial charge in [-0.15, -0.1) is 0 Å². The van der Waals surface area contributed by atoms with E-state index in [1.807, 2.05) is 37.3 Å². The quantitative estimate of drug-likeness (QED) is 0.564. The van der Waals surface area contributed by atoms with Crippen molar-refractivity contribution in [2.24, 2.45) is 11.8 Å². The summed E-state index contributed by atoms with van der Waals surface area (Å²) in [6.45, 7) is 1.88. The maximum absolute atomic E-state index is 12.6. The van der Waals surface area contributed by atoms with Crippen LogP contribution in [0.15, 0.2) is 42.5 Å². The monoisotopic (exact) mass is 255 g/mol. The van der Waals surface area contributed by atoms with Gasteiger partial charge < -0.3 is 4.74 Å². The zero-order valence-corrected chi connectivity index (χ0v) is 10.4. The summed E-state index contributed by atoms with van der Waals surface area (Å²) in [5.41, 5.74) is 0.0286. The summed E-state index contributed by atoms with van der Waals surface area (Å²) in [6, 6.07) is 9.10. The predicted octanol–water partition coefficient (Wildman–Crippen LogP) is 1.52. The van der Waals surface area contributed by atoms with E-state index in [0.29, 0.717) is 5.69 Å². The highest BCUT2D eigenvalue weighted by molar-refractivity contribution is 6.23. The summed E-state index contributed by atoms with van der Waals surface area (Å²) in [5.74, 6) is -1.02. The second-order valence-corrected chi connectivity index (χ2v) is 5.48. The summed E-state index contributed by atoms with van der Waals surface area (Å²) >= 11 is 0. The molecule has 2 fully saturated rings. The lowest BCUT2D eigenvalue weighted by Crippen LogP contribution is -2.38. The molecule has 0 aromatic heterocycles. The minimum atomic E-state index is -0.619. The van der Waals surface area contributed by atoms with Crippen LogP contribution in [0.2, 0.25) is 0 Å². The first-order valence-corrected chi connectivity index (χ1v) is 6.42. The Morgan fingerprint density at radius 1 is 1.16 bits per heavy atom. The topological polar surface area (TPSA) is 46.6 Å². The second-order valence-electron chi connectivity index (χ2n) is 5.48. The van der Waals surface area contributed by atoms with Gasteiger partial charge in [0.1, 0.15) is 0 Å². The summed E-state index contributed by atoms with van der Waals surface area (Å²) in [6.07, 6.45) is 3.57. The molecule has 0 radical (unpaired) electrons. The molecule has 4 nitrogen and oxygen atoms in total. The van der Waals surface area contributed by atoms with Gasteiger partial charge in [-0.05, 0) is 19.1 Å². The third-order valence-corrected chi connectivity index (χ3v) is 4.34. The first-order chi connectivity index (χ1) is 9.12. The molecule has 2 bridgehead atoms. The lowest BCUT2D eigenvalue weighted by atomic mass is 9.78. The fourth-order valence-corrected chi connectivity index (χ4v) is 3.48. The molecule has 4 atom stereocenters. The molecule has 3 heterocycles. The molecule has 4 heteroatoms. The fourth-order valence-electron chi connectivity index (χ4n) is 3.48. The molecule has 19 heavy (non-hydrogen) atoms. The van der Waals surface area contributed by atoms with Crippen molar-refractivity contribution in [3.63, 3.8) is 0 Å². The van der Waals surface area contributed by atoms with E-state index in [1.165, 1.54) is 4.90 Å². The number of imide groups is 1. The number of carbonyl (C=O) groups is 2. The van der Waals surface area contributed by atoms with Crippen LogP contribution in [-0.4, -0.2) is 23.5 Å². The lowest BCUT2D eigenvalue weighted by Gasteiger charge is -2.24. The van der Waals surface area contributed by atoms with Crippen LogP contribution in [0.4, 0.5) is 5.69 Å². The minimum Gasteiger partial charge on any atom is -0.362 e. The van der Waals surface area contributed by atoms with Gasteiger partial charge in [-0.25, -0.2) is 4.90 Å². The first-order valence-electron chi connectivity index (χ1n) is 6.42. The maximum Gasteiger partial charge on any atom is 0.241 e. The Labute approximate surface area is 110 Å². The fraction of sp³-hybridized carbons (Fsp3) is 0.333. The van der Waals surface area contributed by atoms with Crippen LogP contribution < -0.4 is 4.90 Å². The molecule has 0 N–H and O–H groups in total. The average Bonchev–Trinajstić information content (AvgIpc) is 3.00. The molecule has 3 aliphatic rings. The highest BCUT2D eigenvalue weighted by Gasteiger charge is 2.65. The van der Waals surface area contributed by atoms with Crippen molar-refractivity contribution in [3.8, 4) is 0 Å². The van der Waals surface area contributed by atoms with Crippen molar-refractivity contribution < 1.29 is 14.3 Å². The number of benzene rings is 1. The van der Waals surface area contributed by atoms with Crippen LogP contribution in [0, 0.1) is 11.8 Å². The molecule has 3 aliphatic heterocycles. The van der Waals surface area contributed by atoms with Crippen LogP contribution in [0.3, 0.4) is 0 Å². The summed E-state index contributed by atoms with van der Waals surface area (Å²) in [4.78, 5) is 26.4. The molecule has 0 unspecified atom stereocenters. The zero-order valence-electron chi connectivity index (χ0n) is 10.4. The van der Waals surface area contributed by atoms with Gasteiger partial charge in [-0.2, -0.15) is 0 Å². The van der Waals surface area contributed by atoms with E-state index in [4.69, 9.17) is 4.74 Å². The van der Waals surface area contributed by atoms with Crippen LogP contribution in [0.5, 0.6) is 0 Å². The third-order valence-electron chi connectivity index (χ3n) is 4.34. The van der Waals surface area contributed by atoms with Gasteiger partial charge in [0.2, 0.25) is 11.8 Å². The van der Waals surface area contributed by atoms with Crippen molar-refractivity contribution in [2.45, 2.75) is 18.6 Å². The van der Waals surface area contributed by atoms with Gasteiger partial charge in [0, 0.05) is 0 Å². The van der Waals surface area contributed by atoms with E-state index in [0.717, 1.165) is 0 Å². The SMILES string of the molecule is C[C@@]12C=C[C@@H](O1)[C@H]1C(=O)N(c3ccccc3)C(=O)[C@H]12. The van der Waals surface area contributed by atoms with Crippen molar-refractivity contribution in [2.75, 3.05) is 4.90 Å². The predicted molar refractivity (Wildman–Crippen MR) is 68.3 cm³/mol. The highest BCUT2D eigenvalue weighted by atomic mass is 16.5. The Balaban J connectivity index is 1.80. The zero-order chi connectivity index (χ0) is 13.2. The molecule has 0 spiro atoms. The molecule has 1 aromatic rings. The number of nitrogens with zero attached hydrogens (tertiary/aromatic N) is 1. The number of anilines is 1. The number of carbonyl (C=O) groups excluding carboxylic acids is 2. The summed E-state index contributed by atoms with van der Waals surface area (Å²) < 4.78 is 5.77. The molecule has 96 valence electrons. The largest absolute Gasteiger partial charge is 0.362 e. The number of hydrogen-bond donors (Lipinski definition) is 0. The normalized spacial score (nSPS) is 39.2. The van der Waals surface area contributed by atoms with Gasteiger partial charge in [0.05, 0.1) is 29.2 Å². The molecule has 4 rings (SSSR count). The number of rotatable bonds is 1. The van der Waals surface area contributed by atoms with E-state index in [1.54, 1.807) is 12.1 Å². The van der Waals surface area contributed by atoms with E-state index in [-0.39, 0.29) is 29.8 Å². The van der Waals surface area contributed by atoms with Gasteiger partial charge in [-0.3, -0.25) is 9.59 Å². The number of para-hydroxylation sites is 1. The minimum absolute atomic E-state index is 0.140. The molecule has 1 aromatic carbocycles. The second kappa shape index (κ2) is 3.33. The van der Waals surface area contributed by atoms with Crippen molar-refractivity contribution >= 4 is 17.5 Å². The van der Waals surface area contributed by atoms with Crippen LogP contribution in [0.1, 0.15) is 6.92 Å². The van der Waals surface area contributed by atoms with E-state index >= 15 is 0 Å². The molecule has 2 saturated heterocycles. The van der Waals surface area contributed by atoms with Crippen LogP contribution in [0.25, 0.3) is 0 Å². The van der Waals surface area contributed by atoms with E-state index in [2.05, 4.69) is 0 Å². The van der Waals surface area contributed by atoms with E-state index in [9.17, 15) is 9.59 Å². The molecule has 0 aliphatic carbocycles. The highest BCUT2D eigenvalue weighted by Crippen LogP contribution is 2.52. The van der Waals surface area contributed by atoms with Gasteiger partial charge in [0.25, 0.3) is 0 Å². The number of fused-ring (bicyclic) bond motifs is 5. The Hall–Kier alpha value is -1.94. The van der Waals surface area contributed by atoms with Crippen molar-refractivity contribution in [3.05, 3.63) is 42.5 Å². The average molecular weight is 255 g/mol. The Kier molecular flexibility index (Phi) is 1.92. The number of hydrogen-bond acceptors (Lipinski definition) is 3. The number of amides is 2. The Bertz CT molecular complexity index is 609. The maximum atomic E-state index is 12.6. The molecular weight excluding hydrogens is 242 g/mol. The Morgan fingerprint density at radius 2 is 1.89 bits per heavy atom. The van der Waals surface area contributed by atoms with Gasteiger partial charge in [-0.1, -0.05) is 30.4 Å². The van der Waals surface area contributed by atoms with Crippen molar-refractivity contribution in [1.82, 2.24) is 0 Å². The van der Waals surface area contributed by atoms with Crippen molar-refractivity contribution in [1.29, 1.82) is 0 Å². The number of ether oxygens (including phenoxy) is 1. The summed E-state index contributed by atoms with van der Waals surface area (Å²) in [5, 5.41) is 0. The van der Waals surface area contributed by atoms with Gasteiger partial charge >= 0.3 is 0 Å². The van der Waals surface area contributed by atoms with E-state index < -0.39 is 5.60 Å². The third kappa shape index (κ3) is 1.22. The van der Waals surface area contributed by atoms with Gasteiger partial charge in [0.15, 0.2) is 0 Å². The first kappa shape index (κ1) is 10.9.